The molecule has 0 aliphatic rings. The van der Waals surface area contributed by atoms with Gasteiger partial charge >= 0.3 is 0 Å². The number of nitrogens with zero attached hydrogens (tertiary/aromatic N) is 1. The molecule has 1 aromatic rings. The Balaban J connectivity index is 2.73. The van der Waals surface area contributed by atoms with Crippen LogP contribution in [-0.4, -0.2) is 23.0 Å². The van der Waals surface area contributed by atoms with Gasteiger partial charge in [0.25, 0.3) is 0 Å². The van der Waals surface area contributed by atoms with Crippen LogP contribution in [0.4, 0.5) is 0 Å². The van der Waals surface area contributed by atoms with Gasteiger partial charge in [0.2, 0.25) is 0 Å². The van der Waals surface area contributed by atoms with Crippen LogP contribution in [0.15, 0.2) is 18.2 Å². The molecule has 0 saturated heterocycles. The van der Waals surface area contributed by atoms with Crippen LogP contribution < -0.4 is 5.73 Å². The molecule has 0 aromatic heterocycles. The average molecular weight is 313 g/mol. The Morgan fingerprint density at radius 2 is 1.80 bits per heavy atom. The van der Waals surface area contributed by atoms with Gasteiger partial charge in [0.05, 0.1) is 0 Å². The molecular formula is C16H25ClN2S. The lowest BCUT2D eigenvalue weighted by Gasteiger charge is -2.22. The normalized spacial score (nSPS) is 11.0. The topological polar surface area (TPSA) is 29.3 Å². The molecule has 1 aromatic carbocycles. The van der Waals surface area contributed by atoms with Gasteiger partial charge in [0.1, 0.15) is 4.99 Å². The minimum Gasteiger partial charge on any atom is -0.389 e. The largest absolute Gasteiger partial charge is 0.389 e. The third kappa shape index (κ3) is 5.78. The third-order valence-electron chi connectivity index (χ3n) is 3.39. The van der Waals surface area contributed by atoms with Crippen LogP contribution in [0.3, 0.4) is 0 Å². The van der Waals surface area contributed by atoms with Crippen molar-refractivity contribution in [2.45, 2.75) is 46.1 Å². The number of hydrogen-bond acceptors (Lipinski definition) is 2. The van der Waals surface area contributed by atoms with Crippen LogP contribution in [-0.2, 0) is 6.54 Å². The summed E-state index contributed by atoms with van der Waals surface area (Å²) in [7, 11) is 0. The SMILES string of the molecule is CCCCN(CCCC)Cc1ccc(C(N)=S)cc1Cl. The van der Waals surface area contributed by atoms with E-state index in [1.165, 1.54) is 25.7 Å². The molecule has 0 bridgehead atoms. The summed E-state index contributed by atoms with van der Waals surface area (Å²) < 4.78 is 0. The molecule has 1 rings (SSSR count). The molecule has 0 radical (unpaired) electrons. The summed E-state index contributed by atoms with van der Waals surface area (Å²) in [5, 5.41) is 0.758. The van der Waals surface area contributed by atoms with Crippen LogP contribution in [0, 0.1) is 0 Å². The Morgan fingerprint density at radius 3 is 2.25 bits per heavy atom. The number of thiocarbonyl (C=S) groups is 1. The number of nitrogens with two attached hydrogens (primary N) is 1. The molecule has 0 saturated carbocycles. The summed E-state index contributed by atoms with van der Waals surface area (Å²) >= 11 is 11.3. The number of rotatable bonds is 9. The van der Waals surface area contributed by atoms with Gasteiger partial charge in [-0.05, 0) is 37.6 Å². The highest BCUT2D eigenvalue weighted by molar-refractivity contribution is 7.80. The minimum absolute atomic E-state index is 0.396. The maximum absolute atomic E-state index is 6.34. The molecule has 4 heteroatoms. The van der Waals surface area contributed by atoms with Crippen LogP contribution in [0.5, 0.6) is 0 Å². The highest BCUT2D eigenvalue weighted by atomic mass is 35.5. The molecule has 20 heavy (non-hydrogen) atoms. The molecule has 0 fully saturated rings. The van der Waals surface area contributed by atoms with Crippen LogP contribution in [0.1, 0.15) is 50.7 Å². The first kappa shape index (κ1) is 17.4. The Labute approximate surface area is 133 Å². The lowest BCUT2D eigenvalue weighted by molar-refractivity contribution is 0.257. The minimum atomic E-state index is 0.396. The van der Waals surface area contributed by atoms with E-state index in [1.54, 1.807) is 0 Å². The zero-order valence-corrected chi connectivity index (χ0v) is 14.1. The van der Waals surface area contributed by atoms with Gasteiger partial charge in [-0.2, -0.15) is 0 Å². The average Bonchev–Trinajstić information content (AvgIpc) is 2.43. The summed E-state index contributed by atoms with van der Waals surface area (Å²) in [4.78, 5) is 2.88. The first-order valence-corrected chi connectivity index (χ1v) is 8.17. The lowest BCUT2D eigenvalue weighted by atomic mass is 10.1. The second-order valence-corrected chi connectivity index (χ2v) is 6.00. The van der Waals surface area contributed by atoms with Crippen LogP contribution in [0.2, 0.25) is 5.02 Å². The van der Waals surface area contributed by atoms with E-state index in [0.29, 0.717) is 4.99 Å². The number of benzene rings is 1. The zero-order chi connectivity index (χ0) is 15.0. The fourth-order valence-corrected chi connectivity index (χ4v) is 2.47. The van der Waals surface area contributed by atoms with Crippen molar-refractivity contribution in [1.29, 1.82) is 0 Å². The second kappa shape index (κ2) is 9.32. The summed E-state index contributed by atoms with van der Waals surface area (Å²) in [6, 6.07) is 5.88. The van der Waals surface area contributed by atoms with E-state index in [0.717, 1.165) is 35.8 Å². The van der Waals surface area contributed by atoms with Crippen molar-refractivity contribution in [2.75, 3.05) is 13.1 Å². The van der Waals surface area contributed by atoms with Crippen LogP contribution >= 0.6 is 23.8 Å². The maximum Gasteiger partial charge on any atom is 0.104 e. The molecule has 112 valence electrons. The third-order valence-corrected chi connectivity index (χ3v) is 3.97. The number of halogens is 1. The van der Waals surface area contributed by atoms with Gasteiger partial charge in [-0.15, -0.1) is 0 Å². The highest BCUT2D eigenvalue weighted by Crippen LogP contribution is 2.20. The van der Waals surface area contributed by atoms with Gasteiger partial charge in [-0.25, -0.2) is 0 Å². The first-order valence-electron chi connectivity index (χ1n) is 7.39. The predicted octanol–water partition coefficient (Wildman–Crippen LogP) is 4.38. The van der Waals surface area contributed by atoms with Crippen molar-refractivity contribution in [3.63, 3.8) is 0 Å². The second-order valence-electron chi connectivity index (χ2n) is 5.15. The molecule has 2 nitrogen and oxygen atoms in total. The molecule has 0 aliphatic heterocycles. The number of unbranched alkanes of at least 4 members (excludes halogenated alkanes) is 2. The summed E-state index contributed by atoms with van der Waals surface area (Å²) in [5.41, 5.74) is 7.62. The van der Waals surface area contributed by atoms with Crippen molar-refractivity contribution in [3.8, 4) is 0 Å². The smallest absolute Gasteiger partial charge is 0.104 e. The first-order chi connectivity index (χ1) is 9.58. The monoisotopic (exact) mass is 312 g/mol. The van der Waals surface area contributed by atoms with Crippen molar-refractivity contribution in [3.05, 3.63) is 34.3 Å². The van der Waals surface area contributed by atoms with E-state index in [4.69, 9.17) is 29.6 Å². The molecule has 2 N–H and O–H groups in total. The van der Waals surface area contributed by atoms with Gasteiger partial charge in [0, 0.05) is 17.1 Å². The molecule has 0 heterocycles. The molecule has 0 spiro atoms. The Kier molecular flexibility index (Phi) is 8.12. The molecule has 0 aliphatic carbocycles. The van der Waals surface area contributed by atoms with Gasteiger partial charge in [-0.1, -0.05) is 62.6 Å². The molecular weight excluding hydrogens is 288 g/mol. The zero-order valence-electron chi connectivity index (χ0n) is 12.5. The van der Waals surface area contributed by atoms with Crippen molar-refractivity contribution in [1.82, 2.24) is 4.90 Å². The van der Waals surface area contributed by atoms with E-state index in [-0.39, 0.29) is 0 Å². The summed E-state index contributed by atoms with van der Waals surface area (Å²) in [6.07, 6.45) is 4.89. The summed E-state index contributed by atoms with van der Waals surface area (Å²) in [5.74, 6) is 0. The van der Waals surface area contributed by atoms with Crippen molar-refractivity contribution >= 4 is 28.8 Å². The van der Waals surface area contributed by atoms with E-state index < -0.39 is 0 Å². The maximum atomic E-state index is 6.34. The molecule has 0 unspecified atom stereocenters. The van der Waals surface area contributed by atoms with Gasteiger partial charge in [-0.3, -0.25) is 4.90 Å². The fraction of sp³-hybridized carbons (Fsp3) is 0.562. The van der Waals surface area contributed by atoms with Crippen molar-refractivity contribution in [2.24, 2.45) is 5.73 Å². The number of hydrogen-bond donors (Lipinski definition) is 1. The van der Waals surface area contributed by atoms with Gasteiger partial charge < -0.3 is 5.73 Å². The Hall–Kier alpha value is -0.640. The quantitative estimate of drug-likeness (QED) is 0.686. The Morgan fingerprint density at radius 1 is 1.20 bits per heavy atom. The highest BCUT2D eigenvalue weighted by Gasteiger charge is 2.09. The predicted molar refractivity (Wildman–Crippen MR) is 92.4 cm³/mol. The van der Waals surface area contributed by atoms with Crippen LogP contribution in [0.25, 0.3) is 0 Å². The molecule has 0 amide bonds. The molecule has 0 atom stereocenters. The van der Waals surface area contributed by atoms with E-state index >= 15 is 0 Å². The van der Waals surface area contributed by atoms with E-state index in [9.17, 15) is 0 Å². The summed E-state index contributed by atoms with van der Waals surface area (Å²) in [6.45, 7) is 7.61. The standard InChI is InChI=1S/C16H25ClN2S/c1-3-5-9-19(10-6-4-2)12-14-8-7-13(16(18)20)11-15(14)17/h7-8,11H,3-6,9-10,12H2,1-2H3,(H2,18,20). The fourth-order valence-electron chi connectivity index (χ4n) is 2.10. The van der Waals surface area contributed by atoms with E-state index in [2.05, 4.69) is 18.7 Å². The van der Waals surface area contributed by atoms with E-state index in [1.807, 2.05) is 18.2 Å². The Bertz CT molecular complexity index is 426. The lowest BCUT2D eigenvalue weighted by Crippen LogP contribution is -2.25. The van der Waals surface area contributed by atoms with Crippen molar-refractivity contribution < 1.29 is 0 Å². The van der Waals surface area contributed by atoms with Gasteiger partial charge in [0.15, 0.2) is 0 Å².